The predicted octanol–water partition coefficient (Wildman–Crippen LogP) is 5.28. The maximum absolute atomic E-state index is 12.0. The molecule has 0 saturated heterocycles. The van der Waals surface area contributed by atoms with Gasteiger partial charge in [-0.25, -0.2) is 5.43 Å². The lowest BCUT2D eigenvalue weighted by atomic mass is 10.2. The van der Waals surface area contributed by atoms with Crippen LogP contribution in [0.15, 0.2) is 87.3 Å². The van der Waals surface area contributed by atoms with Crippen LogP contribution in [0.1, 0.15) is 11.1 Å². The summed E-state index contributed by atoms with van der Waals surface area (Å²) in [6, 6.07) is 23.3. The van der Waals surface area contributed by atoms with E-state index in [0.717, 1.165) is 20.5 Å². The molecule has 3 rings (SSSR count). The summed E-state index contributed by atoms with van der Waals surface area (Å²) < 4.78 is 12.1. The van der Waals surface area contributed by atoms with E-state index in [1.54, 1.807) is 19.4 Å². The lowest BCUT2D eigenvalue weighted by Crippen LogP contribution is -2.19. The van der Waals surface area contributed by atoms with Gasteiger partial charge >= 0.3 is 0 Å². The molecule has 0 aliphatic rings. The number of amides is 1. The molecule has 0 atom stereocenters. The number of hydrazone groups is 1. The highest BCUT2D eigenvalue weighted by Crippen LogP contribution is 2.36. The normalized spacial score (nSPS) is 10.7. The number of thioether (sulfide) groups is 1. The van der Waals surface area contributed by atoms with Crippen LogP contribution in [-0.2, 0) is 11.4 Å². The molecule has 0 saturated carbocycles. The van der Waals surface area contributed by atoms with Crippen molar-refractivity contribution in [3.05, 3.63) is 88.4 Å². The van der Waals surface area contributed by atoms with Crippen LogP contribution in [0.4, 0.5) is 0 Å². The Balaban J connectivity index is 1.57. The number of nitrogens with zero attached hydrogens (tertiary/aromatic N) is 1. The fourth-order valence-corrected chi connectivity index (χ4v) is 3.85. The van der Waals surface area contributed by atoms with Crippen molar-refractivity contribution < 1.29 is 14.3 Å². The monoisotopic (exact) mass is 484 g/mol. The molecular formula is C23H21BrN2O3S. The van der Waals surface area contributed by atoms with Gasteiger partial charge in [-0.3, -0.25) is 4.79 Å². The van der Waals surface area contributed by atoms with Crippen LogP contribution in [0.2, 0.25) is 0 Å². The van der Waals surface area contributed by atoms with E-state index in [4.69, 9.17) is 9.47 Å². The van der Waals surface area contributed by atoms with Crippen molar-refractivity contribution in [3.8, 4) is 11.5 Å². The van der Waals surface area contributed by atoms with E-state index in [1.165, 1.54) is 11.8 Å². The zero-order valence-corrected chi connectivity index (χ0v) is 18.8. The quantitative estimate of drug-likeness (QED) is 0.255. The van der Waals surface area contributed by atoms with Gasteiger partial charge in [0.25, 0.3) is 0 Å². The molecule has 0 aliphatic carbocycles. The summed E-state index contributed by atoms with van der Waals surface area (Å²) in [6.07, 6.45) is 1.57. The maximum Gasteiger partial charge on any atom is 0.250 e. The summed E-state index contributed by atoms with van der Waals surface area (Å²) in [6.45, 7) is 0.429. The second-order valence-electron chi connectivity index (χ2n) is 6.20. The van der Waals surface area contributed by atoms with Crippen LogP contribution in [0, 0.1) is 0 Å². The van der Waals surface area contributed by atoms with Gasteiger partial charge in [-0.05, 0) is 51.3 Å². The third-order valence-corrected chi connectivity index (χ3v) is 5.59. The van der Waals surface area contributed by atoms with Crippen molar-refractivity contribution >= 4 is 39.8 Å². The minimum Gasteiger partial charge on any atom is -0.493 e. The molecule has 0 spiro atoms. The standard InChI is InChI=1S/C23H21BrN2O3S/c1-28-21-13-18(12-20(24)23(21)29-15-17-8-4-2-5-9-17)14-25-26-22(27)16-30-19-10-6-3-7-11-19/h2-14H,15-16H2,1H3,(H,26,27)/b25-14-. The fraction of sp³-hybridized carbons (Fsp3) is 0.130. The average Bonchev–Trinajstić information content (AvgIpc) is 2.78. The summed E-state index contributed by atoms with van der Waals surface area (Å²) in [5, 5.41) is 4.04. The molecule has 0 aromatic heterocycles. The number of benzene rings is 3. The van der Waals surface area contributed by atoms with E-state index >= 15 is 0 Å². The van der Waals surface area contributed by atoms with E-state index < -0.39 is 0 Å². The average molecular weight is 485 g/mol. The van der Waals surface area contributed by atoms with Crippen LogP contribution in [0.3, 0.4) is 0 Å². The molecule has 0 bridgehead atoms. The molecule has 0 radical (unpaired) electrons. The number of rotatable bonds is 9. The van der Waals surface area contributed by atoms with Gasteiger partial charge in [0.15, 0.2) is 11.5 Å². The van der Waals surface area contributed by atoms with Gasteiger partial charge in [0.2, 0.25) is 5.91 Å². The van der Waals surface area contributed by atoms with Crippen molar-refractivity contribution in [1.29, 1.82) is 0 Å². The molecule has 3 aromatic rings. The van der Waals surface area contributed by atoms with Gasteiger partial charge in [0.1, 0.15) is 6.61 Å². The molecule has 0 heterocycles. The summed E-state index contributed by atoms with van der Waals surface area (Å²) in [5.41, 5.74) is 4.37. The van der Waals surface area contributed by atoms with Crippen LogP contribution >= 0.6 is 27.7 Å². The summed E-state index contributed by atoms with van der Waals surface area (Å²) in [5.74, 6) is 1.31. The van der Waals surface area contributed by atoms with Crippen LogP contribution in [0.25, 0.3) is 0 Å². The molecular weight excluding hydrogens is 464 g/mol. The van der Waals surface area contributed by atoms with Gasteiger partial charge in [0, 0.05) is 4.90 Å². The SMILES string of the molecule is COc1cc(/C=N\NC(=O)CSc2ccccc2)cc(Br)c1OCc1ccccc1. The Bertz CT molecular complexity index is 998. The van der Waals surface area contributed by atoms with E-state index in [9.17, 15) is 4.79 Å². The van der Waals surface area contributed by atoms with Crippen molar-refractivity contribution in [3.63, 3.8) is 0 Å². The predicted molar refractivity (Wildman–Crippen MR) is 124 cm³/mol. The van der Waals surface area contributed by atoms with E-state index in [1.807, 2.05) is 66.7 Å². The number of hydrogen-bond acceptors (Lipinski definition) is 5. The molecule has 0 aliphatic heterocycles. The lowest BCUT2D eigenvalue weighted by Gasteiger charge is -2.13. The smallest absolute Gasteiger partial charge is 0.250 e. The minimum absolute atomic E-state index is 0.172. The highest BCUT2D eigenvalue weighted by molar-refractivity contribution is 9.10. The van der Waals surface area contributed by atoms with Gasteiger partial charge in [0.05, 0.1) is 23.5 Å². The molecule has 0 fully saturated rings. The molecule has 7 heteroatoms. The first-order valence-corrected chi connectivity index (χ1v) is 11.0. The summed E-state index contributed by atoms with van der Waals surface area (Å²) in [7, 11) is 1.58. The second-order valence-corrected chi connectivity index (χ2v) is 8.11. The number of ether oxygens (including phenoxy) is 2. The largest absolute Gasteiger partial charge is 0.493 e. The Kier molecular flexibility index (Phi) is 8.35. The first-order valence-electron chi connectivity index (χ1n) is 9.19. The third kappa shape index (κ3) is 6.64. The number of carbonyl (C=O) groups is 1. The Morgan fingerprint density at radius 3 is 2.50 bits per heavy atom. The van der Waals surface area contributed by atoms with Gasteiger partial charge in [-0.15, -0.1) is 11.8 Å². The molecule has 3 aromatic carbocycles. The van der Waals surface area contributed by atoms with Gasteiger partial charge in [-0.1, -0.05) is 48.5 Å². The molecule has 5 nitrogen and oxygen atoms in total. The highest BCUT2D eigenvalue weighted by Gasteiger charge is 2.11. The first-order chi connectivity index (χ1) is 14.7. The number of methoxy groups -OCH3 is 1. The van der Waals surface area contributed by atoms with E-state index in [2.05, 4.69) is 26.5 Å². The Morgan fingerprint density at radius 2 is 1.80 bits per heavy atom. The van der Waals surface area contributed by atoms with Gasteiger partial charge in [-0.2, -0.15) is 5.10 Å². The Hall–Kier alpha value is -2.77. The zero-order chi connectivity index (χ0) is 21.2. The highest BCUT2D eigenvalue weighted by atomic mass is 79.9. The topological polar surface area (TPSA) is 59.9 Å². The number of halogens is 1. The lowest BCUT2D eigenvalue weighted by molar-refractivity contribution is -0.118. The summed E-state index contributed by atoms with van der Waals surface area (Å²) >= 11 is 4.99. The summed E-state index contributed by atoms with van der Waals surface area (Å²) in [4.78, 5) is 13.0. The van der Waals surface area contributed by atoms with Crippen molar-refractivity contribution in [1.82, 2.24) is 5.43 Å². The Morgan fingerprint density at radius 1 is 1.10 bits per heavy atom. The molecule has 154 valence electrons. The van der Waals surface area contributed by atoms with Crippen molar-refractivity contribution in [2.75, 3.05) is 12.9 Å². The number of hydrogen-bond donors (Lipinski definition) is 1. The molecule has 1 amide bonds. The maximum atomic E-state index is 12.0. The van der Waals surface area contributed by atoms with Crippen molar-refractivity contribution in [2.24, 2.45) is 5.10 Å². The molecule has 0 unspecified atom stereocenters. The first kappa shape index (κ1) is 21.9. The van der Waals surface area contributed by atoms with Crippen LogP contribution in [-0.4, -0.2) is 25.0 Å². The van der Waals surface area contributed by atoms with Gasteiger partial charge < -0.3 is 9.47 Å². The molecule has 30 heavy (non-hydrogen) atoms. The van der Waals surface area contributed by atoms with E-state index in [0.29, 0.717) is 23.9 Å². The van der Waals surface area contributed by atoms with E-state index in [-0.39, 0.29) is 5.91 Å². The number of nitrogens with one attached hydrogen (secondary N) is 1. The minimum atomic E-state index is -0.172. The second kappa shape index (κ2) is 11.4. The van der Waals surface area contributed by atoms with Crippen LogP contribution < -0.4 is 14.9 Å². The zero-order valence-electron chi connectivity index (χ0n) is 16.4. The van der Waals surface area contributed by atoms with Crippen LogP contribution in [0.5, 0.6) is 11.5 Å². The Labute approximate surface area is 188 Å². The fourth-order valence-electron chi connectivity index (χ4n) is 2.56. The molecule has 1 N–H and O–H groups in total. The van der Waals surface area contributed by atoms with Crippen molar-refractivity contribution in [2.45, 2.75) is 11.5 Å². The third-order valence-electron chi connectivity index (χ3n) is 3.99. The number of carbonyl (C=O) groups excluding carboxylic acids is 1.